The fourth-order valence-electron chi connectivity index (χ4n) is 3.42. The van der Waals surface area contributed by atoms with E-state index in [1.807, 2.05) is 44.2 Å². The van der Waals surface area contributed by atoms with Gasteiger partial charge in [0.15, 0.2) is 0 Å². The molecule has 158 valence electrons. The van der Waals surface area contributed by atoms with Crippen molar-refractivity contribution in [2.45, 2.75) is 26.7 Å². The van der Waals surface area contributed by atoms with Gasteiger partial charge in [-0.2, -0.15) is 0 Å². The maximum atomic E-state index is 13.0. The summed E-state index contributed by atoms with van der Waals surface area (Å²) in [5.41, 5.74) is 1.07. The third kappa shape index (κ3) is 6.14. The molecule has 0 unspecified atom stereocenters. The van der Waals surface area contributed by atoms with Crippen LogP contribution in [0, 0.1) is 17.8 Å². The predicted octanol–water partition coefficient (Wildman–Crippen LogP) is 1.12. The number of hydrogen-bond donors (Lipinski definition) is 1. The average molecular weight is 402 g/mol. The summed E-state index contributed by atoms with van der Waals surface area (Å²) in [5.74, 6) is -2.77. The van der Waals surface area contributed by atoms with Crippen molar-refractivity contribution in [2.24, 2.45) is 17.8 Å². The van der Waals surface area contributed by atoms with Crippen molar-refractivity contribution in [2.75, 3.05) is 33.7 Å². The quantitative estimate of drug-likeness (QED) is 0.629. The zero-order valence-corrected chi connectivity index (χ0v) is 17.7. The molecular formula is C22H31N3O4. The molecule has 0 bridgehead atoms. The van der Waals surface area contributed by atoms with Gasteiger partial charge in [-0.25, -0.2) is 0 Å². The van der Waals surface area contributed by atoms with Crippen LogP contribution in [0.1, 0.15) is 25.8 Å². The van der Waals surface area contributed by atoms with E-state index >= 15 is 0 Å². The monoisotopic (exact) mass is 401 g/mol. The van der Waals surface area contributed by atoms with Crippen molar-refractivity contribution in [1.29, 1.82) is 0 Å². The Morgan fingerprint density at radius 3 is 2.41 bits per heavy atom. The summed E-state index contributed by atoms with van der Waals surface area (Å²) in [6.07, 6.45) is 1.09. The Morgan fingerprint density at radius 1 is 1.17 bits per heavy atom. The molecule has 3 amide bonds. The van der Waals surface area contributed by atoms with Crippen LogP contribution in [0.25, 0.3) is 0 Å². The predicted molar refractivity (Wildman–Crippen MR) is 110 cm³/mol. The smallest absolute Gasteiger partial charge is 0.287 e. The molecule has 29 heavy (non-hydrogen) atoms. The standard InChI is InChI=1S/C22H31N3O4/c1-15(2)12-23-21(28)20(27)18-13-25(14-19(26)24(3)4)22(29)17(18)11-10-16-8-6-5-7-9-16/h5-9,15,17-18H,10-14H2,1-4H3,(H,23,28)/t17-,18+/m0/s1. The van der Waals surface area contributed by atoms with Crippen molar-refractivity contribution >= 4 is 23.5 Å². The molecule has 7 heteroatoms. The van der Waals surface area contributed by atoms with Crippen LogP contribution in [0.2, 0.25) is 0 Å². The number of nitrogens with zero attached hydrogens (tertiary/aromatic N) is 2. The number of likely N-dealkylation sites (N-methyl/N-ethyl adjacent to an activating group) is 1. The first-order chi connectivity index (χ1) is 13.7. The fraction of sp³-hybridized carbons (Fsp3) is 0.545. The van der Waals surface area contributed by atoms with Gasteiger partial charge in [-0.05, 0) is 24.3 Å². The van der Waals surface area contributed by atoms with E-state index in [9.17, 15) is 19.2 Å². The van der Waals surface area contributed by atoms with Gasteiger partial charge in [0, 0.05) is 27.2 Å². The van der Waals surface area contributed by atoms with Crippen LogP contribution in [0.5, 0.6) is 0 Å². The SMILES string of the molecule is CC(C)CNC(=O)C(=O)[C@@H]1CN(CC(=O)N(C)C)C(=O)[C@H]1CCc1ccccc1. The Bertz CT molecular complexity index is 746. The number of amides is 3. The first-order valence-corrected chi connectivity index (χ1v) is 10.1. The molecular weight excluding hydrogens is 370 g/mol. The number of hydrogen-bond acceptors (Lipinski definition) is 4. The summed E-state index contributed by atoms with van der Waals surface area (Å²) in [6.45, 7) is 4.32. The van der Waals surface area contributed by atoms with Gasteiger partial charge in [0.2, 0.25) is 17.6 Å². The van der Waals surface area contributed by atoms with Crippen LogP contribution in [0.4, 0.5) is 0 Å². The molecule has 1 aromatic carbocycles. The van der Waals surface area contributed by atoms with E-state index in [-0.39, 0.29) is 30.8 Å². The van der Waals surface area contributed by atoms with Crippen molar-refractivity contribution in [3.05, 3.63) is 35.9 Å². The van der Waals surface area contributed by atoms with E-state index in [2.05, 4.69) is 5.32 Å². The van der Waals surface area contributed by atoms with Gasteiger partial charge >= 0.3 is 0 Å². The third-order valence-corrected chi connectivity index (χ3v) is 5.17. The number of carbonyl (C=O) groups excluding carboxylic acids is 4. The molecule has 0 aromatic heterocycles. The van der Waals surface area contributed by atoms with Gasteiger partial charge in [0.1, 0.15) is 0 Å². The van der Waals surface area contributed by atoms with Crippen LogP contribution in [-0.4, -0.2) is 67.0 Å². The number of likely N-dealkylation sites (tertiary alicyclic amines) is 1. The first kappa shape index (κ1) is 22.6. The highest BCUT2D eigenvalue weighted by Gasteiger charge is 2.46. The molecule has 0 saturated carbocycles. The minimum atomic E-state index is -0.728. The normalized spacial score (nSPS) is 18.8. The Balaban J connectivity index is 2.14. The Labute approximate surface area is 172 Å². The molecule has 7 nitrogen and oxygen atoms in total. The lowest BCUT2D eigenvalue weighted by Gasteiger charge is -2.18. The summed E-state index contributed by atoms with van der Waals surface area (Å²) in [4.78, 5) is 53.0. The lowest BCUT2D eigenvalue weighted by molar-refractivity contribution is -0.141. The summed E-state index contributed by atoms with van der Waals surface area (Å²) in [6, 6.07) is 9.72. The molecule has 1 aromatic rings. The van der Waals surface area contributed by atoms with Crippen LogP contribution >= 0.6 is 0 Å². The third-order valence-electron chi connectivity index (χ3n) is 5.17. The molecule has 0 spiro atoms. The van der Waals surface area contributed by atoms with Gasteiger partial charge in [0.25, 0.3) is 5.91 Å². The lowest BCUT2D eigenvalue weighted by Crippen LogP contribution is -2.40. The topological polar surface area (TPSA) is 86.8 Å². The Morgan fingerprint density at radius 2 is 1.83 bits per heavy atom. The van der Waals surface area contributed by atoms with Gasteiger partial charge in [-0.15, -0.1) is 0 Å². The highest BCUT2D eigenvalue weighted by molar-refractivity contribution is 6.37. The van der Waals surface area contributed by atoms with Crippen molar-refractivity contribution < 1.29 is 19.2 Å². The maximum absolute atomic E-state index is 13.0. The van der Waals surface area contributed by atoms with Crippen molar-refractivity contribution in [3.8, 4) is 0 Å². The first-order valence-electron chi connectivity index (χ1n) is 10.1. The number of benzene rings is 1. The molecule has 0 radical (unpaired) electrons. The summed E-state index contributed by atoms with van der Waals surface area (Å²) < 4.78 is 0. The molecule has 1 saturated heterocycles. The number of nitrogens with one attached hydrogen (secondary N) is 1. The van der Waals surface area contributed by atoms with E-state index in [1.165, 1.54) is 9.80 Å². The Hall–Kier alpha value is -2.70. The molecule has 1 aliphatic heterocycles. The van der Waals surface area contributed by atoms with Crippen molar-refractivity contribution in [3.63, 3.8) is 0 Å². The lowest BCUT2D eigenvalue weighted by atomic mass is 9.86. The Kier molecular flexibility index (Phi) is 7.93. The van der Waals surface area contributed by atoms with Crippen LogP contribution < -0.4 is 5.32 Å². The molecule has 1 heterocycles. The molecule has 0 aliphatic carbocycles. The molecule has 1 N–H and O–H groups in total. The van der Waals surface area contributed by atoms with E-state index in [4.69, 9.17) is 0 Å². The maximum Gasteiger partial charge on any atom is 0.287 e. The fourth-order valence-corrected chi connectivity index (χ4v) is 3.42. The van der Waals surface area contributed by atoms with E-state index in [0.717, 1.165) is 5.56 Å². The van der Waals surface area contributed by atoms with E-state index in [0.29, 0.717) is 19.4 Å². The number of rotatable bonds is 9. The zero-order valence-electron chi connectivity index (χ0n) is 17.7. The van der Waals surface area contributed by atoms with Gasteiger partial charge in [-0.1, -0.05) is 44.2 Å². The highest BCUT2D eigenvalue weighted by Crippen LogP contribution is 2.30. The summed E-state index contributed by atoms with van der Waals surface area (Å²) in [5, 5.41) is 2.65. The molecule has 2 atom stereocenters. The van der Waals surface area contributed by atoms with Crippen LogP contribution in [0.15, 0.2) is 30.3 Å². The average Bonchev–Trinajstić information content (AvgIpc) is 3.00. The summed E-state index contributed by atoms with van der Waals surface area (Å²) in [7, 11) is 3.25. The van der Waals surface area contributed by atoms with Gasteiger partial charge < -0.3 is 15.1 Å². The van der Waals surface area contributed by atoms with Crippen molar-refractivity contribution in [1.82, 2.24) is 15.1 Å². The number of ketones is 1. The van der Waals surface area contributed by atoms with Gasteiger partial charge in [-0.3, -0.25) is 19.2 Å². The van der Waals surface area contributed by atoms with Crippen LogP contribution in [0.3, 0.4) is 0 Å². The molecule has 1 fully saturated rings. The van der Waals surface area contributed by atoms with Crippen LogP contribution in [-0.2, 0) is 25.6 Å². The van der Waals surface area contributed by atoms with Gasteiger partial charge in [0.05, 0.1) is 18.4 Å². The molecule has 1 aliphatic rings. The second-order valence-corrected chi connectivity index (χ2v) is 8.21. The number of aryl methyl sites for hydroxylation is 1. The minimum absolute atomic E-state index is 0.0783. The molecule has 2 rings (SSSR count). The zero-order chi connectivity index (χ0) is 21.6. The van der Waals surface area contributed by atoms with E-state index in [1.54, 1.807) is 14.1 Å². The highest BCUT2D eigenvalue weighted by atomic mass is 16.2. The second kappa shape index (κ2) is 10.2. The number of Topliss-reactive ketones (excluding diaryl/α,β-unsaturated/α-hetero) is 1. The minimum Gasteiger partial charge on any atom is -0.349 e. The largest absolute Gasteiger partial charge is 0.349 e. The second-order valence-electron chi connectivity index (χ2n) is 8.21. The number of carbonyl (C=O) groups is 4. The summed E-state index contributed by atoms with van der Waals surface area (Å²) >= 11 is 0. The van der Waals surface area contributed by atoms with E-state index < -0.39 is 23.5 Å².